The predicted molar refractivity (Wildman–Crippen MR) is 157 cm³/mol. The van der Waals surface area contributed by atoms with Gasteiger partial charge < -0.3 is 25.1 Å². The average Bonchev–Trinajstić information content (AvgIpc) is 3.61. The van der Waals surface area contributed by atoms with E-state index in [1.165, 1.54) is 12.4 Å². The van der Waals surface area contributed by atoms with Crippen molar-refractivity contribution in [1.82, 2.24) is 24.5 Å². The quantitative estimate of drug-likeness (QED) is 0.256. The number of rotatable bonds is 10. The Balaban J connectivity index is 1.33. The van der Waals surface area contributed by atoms with Gasteiger partial charge in [0.1, 0.15) is 12.1 Å². The molecule has 43 heavy (non-hydrogen) atoms. The van der Waals surface area contributed by atoms with Crippen molar-refractivity contribution < 1.29 is 24.2 Å². The minimum absolute atomic E-state index is 0.0712. The van der Waals surface area contributed by atoms with Crippen LogP contribution in [0.3, 0.4) is 0 Å². The van der Waals surface area contributed by atoms with E-state index in [-0.39, 0.29) is 30.7 Å². The summed E-state index contributed by atoms with van der Waals surface area (Å²) in [6, 6.07) is 12.1. The van der Waals surface area contributed by atoms with Crippen molar-refractivity contribution in [2.45, 2.75) is 77.0 Å². The maximum atomic E-state index is 15.8. The van der Waals surface area contributed by atoms with E-state index in [2.05, 4.69) is 20.6 Å². The summed E-state index contributed by atoms with van der Waals surface area (Å²) in [6.07, 6.45) is 2.80. The van der Waals surface area contributed by atoms with Crippen LogP contribution < -0.4 is 10.9 Å². The number of amidine groups is 1. The van der Waals surface area contributed by atoms with Crippen molar-refractivity contribution >= 4 is 11.6 Å². The molecule has 0 bridgehead atoms. The first-order valence-corrected chi connectivity index (χ1v) is 14.5. The van der Waals surface area contributed by atoms with Crippen LogP contribution in [0.25, 0.3) is 16.9 Å². The number of hydrogen-bond donors (Lipinski definition) is 3. The molecular formula is C31H35FN6O5. The van der Waals surface area contributed by atoms with Crippen molar-refractivity contribution in [3.05, 3.63) is 87.3 Å². The number of aliphatic hydroxyl groups excluding tert-OH is 1. The molecule has 0 saturated heterocycles. The van der Waals surface area contributed by atoms with Crippen molar-refractivity contribution in [3.63, 3.8) is 0 Å². The molecule has 3 N–H and O–H groups in total. The Labute approximate surface area is 247 Å². The average molecular weight is 591 g/mol. The highest BCUT2D eigenvalue weighted by atomic mass is 19.1. The third kappa shape index (κ3) is 5.77. The fraction of sp³-hybridized carbons (Fsp3) is 0.419. The molecule has 4 aromatic rings. The Kier molecular flexibility index (Phi) is 7.75. The van der Waals surface area contributed by atoms with Crippen molar-refractivity contribution in [3.8, 4) is 11.1 Å². The van der Waals surface area contributed by atoms with Crippen molar-refractivity contribution in [2.75, 3.05) is 6.61 Å². The van der Waals surface area contributed by atoms with Gasteiger partial charge in [-0.15, -0.1) is 0 Å². The van der Waals surface area contributed by atoms with Crippen LogP contribution in [0, 0.1) is 5.82 Å². The predicted octanol–water partition coefficient (Wildman–Crippen LogP) is 3.29. The topological polar surface area (TPSA) is 136 Å². The fourth-order valence-corrected chi connectivity index (χ4v) is 5.67. The summed E-state index contributed by atoms with van der Waals surface area (Å²) < 4.78 is 25.0. The molecule has 0 amide bonds. The molecule has 6 rings (SSSR count). The van der Waals surface area contributed by atoms with Crippen LogP contribution in [0.2, 0.25) is 0 Å². The van der Waals surface area contributed by atoms with E-state index in [0.29, 0.717) is 58.7 Å². The molecule has 2 aliphatic rings. The van der Waals surface area contributed by atoms with Gasteiger partial charge in [-0.3, -0.25) is 9.36 Å². The minimum Gasteiger partial charge on any atom is -0.388 e. The Morgan fingerprint density at radius 2 is 1.95 bits per heavy atom. The zero-order chi connectivity index (χ0) is 30.3. The molecule has 11 nitrogen and oxygen atoms in total. The molecule has 1 fully saturated rings. The van der Waals surface area contributed by atoms with E-state index < -0.39 is 17.8 Å². The Morgan fingerprint density at radius 3 is 2.63 bits per heavy atom. The van der Waals surface area contributed by atoms with Gasteiger partial charge in [0.2, 0.25) is 5.78 Å². The molecule has 0 spiro atoms. The molecule has 1 unspecified atom stereocenters. The summed E-state index contributed by atoms with van der Waals surface area (Å²) in [5.41, 5.74) is 2.45. The monoisotopic (exact) mass is 590 g/mol. The standard InChI is InChI=1S/C31H35FN6O5/c1-4-7-26-24(28(39)37(29-33-17-34-38(26)29)20-14-21(15-20)42-16-31(2,3)41)12-19-11-10-18(13-25(19)32)22-8-5-6-9-23(22)27-35-30(40)43-36-27/h5-6,8-11,13,17,20-21,30,40-41H,4,7,12,14-16H2,1-3H3,(H,35,36)/t20-,21+,30?. The second-order valence-electron chi connectivity index (χ2n) is 11.8. The van der Waals surface area contributed by atoms with Gasteiger partial charge in [-0.25, -0.2) is 8.91 Å². The van der Waals surface area contributed by atoms with Crippen LogP contribution >= 0.6 is 0 Å². The molecule has 3 heterocycles. The van der Waals surface area contributed by atoms with Crippen molar-refractivity contribution in [2.24, 2.45) is 5.16 Å². The number of aromatic nitrogens is 4. The lowest BCUT2D eigenvalue weighted by Gasteiger charge is -2.37. The molecule has 2 aromatic heterocycles. The largest absolute Gasteiger partial charge is 0.388 e. The summed E-state index contributed by atoms with van der Waals surface area (Å²) in [7, 11) is 0. The Morgan fingerprint density at radius 1 is 1.19 bits per heavy atom. The zero-order valence-electron chi connectivity index (χ0n) is 24.3. The first-order valence-electron chi connectivity index (χ1n) is 14.5. The van der Waals surface area contributed by atoms with Gasteiger partial charge >= 0.3 is 6.41 Å². The first-order chi connectivity index (χ1) is 20.6. The molecular weight excluding hydrogens is 555 g/mol. The summed E-state index contributed by atoms with van der Waals surface area (Å²) in [5.74, 6) is 0.371. The number of oxime groups is 1. The zero-order valence-corrected chi connectivity index (χ0v) is 24.3. The van der Waals surface area contributed by atoms with E-state index in [4.69, 9.17) is 9.57 Å². The third-order valence-corrected chi connectivity index (χ3v) is 7.84. The molecule has 0 radical (unpaired) electrons. The summed E-state index contributed by atoms with van der Waals surface area (Å²) in [6.45, 7) is 5.62. The molecule has 1 aliphatic heterocycles. The number of benzene rings is 2. The molecule has 2 aromatic carbocycles. The number of nitrogens with zero attached hydrogens (tertiary/aromatic N) is 5. The van der Waals surface area contributed by atoms with Crippen LogP contribution in [0.15, 0.2) is 58.7 Å². The highest BCUT2D eigenvalue weighted by Gasteiger charge is 2.36. The lowest BCUT2D eigenvalue weighted by molar-refractivity contribution is -0.0896. The summed E-state index contributed by atoms with van der Waals surface area (Å²) in [4.78, 5) is 23.4. The number of nitrogens with one attached hydrogen (secondary N) is 1. The number of halogens is 1. The fourth-order valence-electron chi connectivity index (χ4n) is 5.67. The lowest BCUT2D eigenvalue weighted by Crippen LogP contribution is -2.42. The van der Waals surface area contributed by atoms with E-state index in [0.717, 1.165) is 12.1 Å². The summed E-state index contributed by atoms with van der Waals surface area (Å²) >= 11 is 0. The smallest absolute Gasteiger partial charge is 0.304 e. The van der Waals surface area contributed by atoms with Gasteiger partial charge in [0.15, 0.2) is 5.84 Å². The van der Waals surface area contributed by atoms with Gasteiger partial charge in [0.25, 0.3) is 5.56 Å². The van der Waals surface area contributed by atoms with Gasteiger partial charge in [-0.1, -0.05) is 54.9 Å². The number of fused-ring (bicyclic) bond motifs is 1. The second kappa shape index (κ2) is 11.5. The van der Waals surface area contributed by atoms with E-state index in [1.807, 2.05) is 37.3 Å². The Bertz CT molecular complexity index is 1740. The molecule has 1 aliphatic carbocycles. The van der Waals surface area contributed by atoms with E-state index >= 15 is 4.39 Å². The van der Waals surface area contributed by atoms with Gasteiger partial charge in [-0.05, 0) is 55.9 Å². The van der Waals surface area contributed by atoms with Gasteiger partial charge in [-0.2, -0.15) is 10.1 Å². The number of hydrogen-bond acceptors (Lipinski definition) is 9. The Hall–Kier alpha value is -4.13. The number of aryl methyl sites for hydroxylation is 1. The van der Waals surface area contributed by atoms with Crippen LogP contribution in [0.1, 0.15) is 68.5 Å². The minimum atomic E-state index is -1.24. The first kappa shape index (κ1) is 29.0. The molecule has 1 atom stereocenters. The highest BCUT2D eigenvalue weighted by molar-refractivity contribution is 6.04. The van der Waals surface area contributed by atoms with Crippen LogP contribution in [0.5, 0.6) is 0 Å². The SMILES string of the molecule is CCCc1c(Cc2ccc(-c3ccccc3C3=NOC(O)N3)cc2F)c(=O)n([C@H]2C[C@@H](OCC(C)(C)O)C2)c2ncnn12. The van der Waals surface area contributed by atoms with Gasteiger partial charge in [0, 0.05) is 23.6 Å². The highest BCUT2D eigenvalue weighted by Crippen LogP contribution is 2.35. The maximum absolute atomic E-state index is 15.8. The van der Waals surface area contributed by atoms with Crippen LogP contribution in [-0.4, -0.2) is 59.9 Å². The van der Waals surface area contributed by atoms with Crippen molar-refractivity contribution in [1.29, 1.82) is 0 Å². The normalized spacial score (nSPS) is 20.0. The maximum Gasteiger partial charge on any atom is 0.304 e. The molecule has 12 heteroatoms. The molecule has 226 valence electrons. The summed E-state index contributed by atoms with van der Waals surface area (Å²) in [5, 5.41) is 30.7. The van der Waals surface area contributed by atoms with E-state index in [9.17, 15) is 15.0 Å². The molecule has 1 saturated carbocycles. The van der Waals surface area contributed by atoms with Gasteiger partial charge in [0.05, 0.1) is 24.0 Å². The van der Waals surface area contributed by atoms with Crippen LogP contribution in [0.4, 0.5) is 4.39 Å². The third-order valence-electron chi connectivity index (χ3n) is 7.84. The van der Waals surface area contributed by atoms with E-state index in [1.54, 1.807) is 29.0 Å². The number of ether oxygens (including phenoxy) is 1. The lowest BCUT2D eigenvalue weighted by atomic mass is 9.88. The second-order valence-corrected chi connectivity index (χ2v) is 11.8. The number of aliphatic hydroxyl groups is 2. The van der Waals surface area contributed by atoms with Crippen LogP contribution in [-0.2, 0) is 22.4 Å².